The van der Waals surface area contributed by atoms with Gasteiger partial charge < -0.3 is 19.5 Å². The Morgan fingerprint density at radius 2 is 1.93 bits per heavy atom. The molecule has 0 bridgehead atoms. The van der Waals surface area contributed by atoms with Crippen LogP contribution in [0.15, 0.2) is 36.4 Å². The second kappa shape index (κ2) is 9.40. The smallest absolute Gasteiger partial charge is 0.142 e. The van der Waals surface area contributed by atoms with Crippen molar-refractivity contribution in [2.45, 2.75) is 19.0 Å². The fraction of sp³-hybridized carbons (Fsp3) is 0.429. The van der Waals surface area contributed by atoms with Crippen molar-refractivity contribution in [2.24, 2.45) is 0 Å². The second-order valence-electron chi connectivity index (χ2n) is 6.80. The lowest BCUT2D eigenvalue weighted by molar-refractivity contribution is 0.135. The molecule has 0 saturated carbocycles. The largest absolute Gasteiger partial charge is 0.497 e. The third kappa shape index (κ3) is 4.71. The Bertz CT molecular complexity index is 814. The first-order chi connectivity index (χ1) is 13.7. The lowest BCUT2D eigenvalue weighted by Crippen LogP contribution is -2.53. The minimum absolute atomic E-state index is 0.127. The van der Waals surface area contributed by atoms with E-state index >= 15 is 0 Å². The summed E-state index contributed by atoms with van der Waals surface area (Å²) in [5.41, 5.74) is 1.53. The molecular formula is C21H26N4O3. The van der Waals surface area contributed by atoms with Crippen LogP contribution in [0.1, 0.15) is 17.7 Å². The molecule has 0 aliphatic carbocycles. The fourth-order valence-corrected chi connectivity index (χ4v) is 3.59. The van der Waals surface area contributed by atoms with Crippen LogP contribution < -0.4 is 14.4 Å². The Kier molecular flexibility index (Phi) is 6.69. The number of hydrogen-bond donors (Lipinski definition) is 1. The maximum absolute atomic E-state index is 9.56. The Morgan fingerprint density at radius 1 is 1.18 bits per heavy atom. The molecule has 1 N–H and O–H groups in total. The number of benzene rings is 1. The molecule has 0 spiro atoms. The zero-order chi connectivity index (χ0) is 19.9. The molecule has 7 nitrogen and oxygen atoms in total. The summed E-state index contributed by atoms with van der Waals surface area (Å²) in [4.78, 5) is 8.97. The Hall–Kier alpha value is -2.82. The molecule has 1 saturated heterocycles. The fourth-order valence-electron chi connectivity index (χ4n) is 3.59. The molecule has 1 aliphatic rings. The summed E-state index contributed by atoms with van der Waals surface area (Å²) in [6.07, 6.45) is 0.676. The highest BCUT2D eigenvalue weighted by Crippen LogP contribution is 2.26. The van der Waals surface area contributed by atoms with E-state index in [4.69, 9.17) is 14.7 Å². The highest BCUT2D eigenvalue weighted by Gasteiger charge is 2.27. The summed E-state index contributed by atoms with van der Waals surface area (Å²) in [7, 11) is 3.29. The summed E-state index contributed by atoms with van der Waals surface area (Å²) in [5, 5.41) is 18.7. The van der Waals surface area contributed by atoms with Crippen LogP contribution in [0.5, 0.6) is 11.5 Å². The topological polar surface area (TPSA) is 81.9 Å². The summed E-state index contributed by atoms with van der Waals surface area (Å²) >= 11 is 0. The summed E-state index contributed by atoms with van der Waals surface area (Å²) in [5.74, 6) is 2.35. The molecule has 7 heteroatoms. The molecule has 1 aliphatic heterocycles. The molecular weight excluding hydrogens is 356 g/mol. The Morgan fingerprint density at radius 3 is 2.57 bits per heavy atom. The Labute approximate surface area is 165 Å². The van der Waals surface area contributed by atoms with Gasteiger partial charge in [-0.1, -0.05) is 6.07 Å². The van der Waals surface area contributed by atoms with Crippen molar-refractivity contribution in [2.75, 3.05) is 45.4 Å². The molecule has 28 heavy (non-hydrogen) atoms. The Balaban J connectivity index is 1.75. The van der Waals surface area contributed by atoms with Crippen LogP contribution in [-0.4, -0.2) is 61.5 Å². The number of aromatic nitrogens is 1. The van der Waals surface area contributed by atoms with Crippen molar-refractivity contribution in [1.29, 1.82) is 5.26 Å². The predicted octanol–water partition coefficient (Wildman–Crippen LogP) is 2.04. The molecule has 3 rings (SSSR count). The van der Waals surface area contributed by atoms with Crippen LogP contribution >= 0.6 is 0 Å². The first kappa shape index (κ1) is 19.9. The van der Waals surface area contributed by atoms with E-state index in [-0.39, 0.29) is 12.6 Å². The van der Waals surface area contributed by atoms with E-state index in [1.165, 1.54) is 0 Å². The predicted molar refractivity (Wildman–Crippen MR) is 107 cm³/mol. The van der Waals surface area contributed by atoms with Gasteiger partial charge >= 0.3 is 0 Å². The third-order valence-electron chi connectivity index (χ3n) is 5.04. The molecule has 0 radical (unpaired) electrons. The van der Waals surface area contributed by atoms with E-state index in [0.29, 0.717) is 12.1 Å². The number of anilines is 1. The maximum atomic E-state index is 9.56. The van der Waals surface area contributed by atoms with Crippen molar-refractivity contribution >= 4 is 5.82 Å². The molecule has 0 amide bonds. The quantitative estimate of drug-likeness (QED) is 0.785. The molecule has 148 valence electrons. The van der Waals surface area contributed by atoms with Gasteiger partial charge in [-0.3, -0.25) is 4.90 Å². The van der Waals surface area contributed by atoms with Crippen LogP contribution in [-0.2, 0) is 6.54 Å². The van der Waals surface area contributed by atoms with Gasteiger partial charge in [0.25, 0.3) is 0 Å². The van der Waals surface area contributed by atoms with Crippen molar-refractivity contribution in [3.63, 3.8) is 0 Å². The van der Waals surface area contributed by atoms with Crippen LogP contribution in [0, 0.1) is 11.3 Å². The molecule has 1 fully saturated rings. The molecule has 2 aromatic rings. The number of aliphatic hydroxyl groups is 1. The number of aliphatic hydroxyl groups excluding tert-OH is 1. The lowest BCUT2D eigenvalue weighted by atomic mass is 10.1. The van der Waals surface area contributed by atoms with Crippen LogP contribution in [0.4, 0.5) is 5.82 Å². The number of piperazine rings is 1. The average Bonchev–Trinajstić information content (AvgIpc) is 2.74. The number of nitrogens with zero attached hydrogens (tertiary/aromatic N) is 4. The minimum Gasteiger partial charge on any atom is -0.497 e. The number of pyridine rings is 1. The van der Waals surface area contributed by atoms with Gasteiger partial charge in [-0.15, -0.1) is 0 Å². The van der Waals surface area contributed by atoms with Gasteiger partial charge in [-0.05, 0) is 36.2 Å². The van der Waals surface area contributed by atoms with Gasteiger partial charge in [0.1, 0.15) is 29.1 Å². The molecule has 2 heterocycles. The molecule has 1 unspecified atom stereocenters. The number of rotatable bonds is 7. The van der Waals surface area contributed by atoms with Crippen molar-refractivity contribution in [1.82, 2.24) is 9.88 Å². The normalized spacial score (nSPS) is 17.2. The minimum atomic E-state index is 0.127. The monoisotopic (exact) mass is 382 g/mol. The second-order valence-corrected chi connectivity index (χ2v) is 6.80. The number of methoxy groups -OCH3 is 2. The van der Waals surface area contributed by atoms with E-state index in [9.17, 15) is 5.11 Å². The van der Waals surface area contributed by atoms with Crippen molar-refractivity contribution < 1.29 is 14.6 Å². The first-order valence-electron chi connectivity index (χ1n) is 9.35. The average molecular weight is 382 g/mol. The van der Waals surface area contributed by atoms with Crippen molar-refractivity contribution in [3.8, 4) is 17.6 Å². The van der Waals surface area contributed by atoms with Gasteiger partial charge in [-0.2, -0.15) is 5.26 Å². The first-order valence-corrected chi connectivity index (χ1v) is 9.35. The van der Waals surface area contributed by atoms with Gasteiger partial charge in [0.15, 0.2) is 0 Å². The highest BCUT2D eigenvalue weighted by molar-refractivity contribution is 5.43. The maximum Gasteiger partial charge on any atom is 0.142 e. The highest BCUT2D eigenvalue weighted by atomic mass is 16.5. The van der Waals surface area contributed by atoms with E-state index < -0.39 is 0 Å². The number of ether oxygens (including phenoxy) is 2. The van der Waals surface area contributed by atoms with Crippen molar-refractivity contribution in [3.05, 3.63) is 47.7 Å². The van der Waals surface area contributed by atoms with Crippen LogP contribution in [0.25, 0.3) is 0 Å². The molecule has 1 atom stereocenters. The molecule has 1 aromatic carbocycles. The summed E-state index contributed by atoms with van der Waals surface area (Å²) in [6.45, 7) is 3.27. The summed E-state index contributed by atoms with van der Waals surface area (Å²) < 4.78 is 10.8. The zero-order valence-corrected chi connectivity index (χ0v) is 16.3. The standard InChI is InChI=1S/C21H26N4O3/c1-27-19-10-16(11-20(12-19)28-2)14-24-7-8-25(15-18(24)6-9-26)21-5-3-4-17(13-22)23-21/h3-5,10-12,18,26H,6-9,14-15H2,1-2H3. The zero-order valence-electron chi connectivity index (χ0n) is 16.3. The lowest BCUT2D eigenvalue weighted by Gasteiger charge is -2.42. The van der Waals surface area contributed by atoms with Gasteiger partial charge in [0, 0.05) is 44.9 Å². The van der Waals surface area contributed by atoms with Gasteiger partial charge in [-0.25, -0.2) is 4.98 Å². The van der Waals surface area contributed by atoms with Gasteiger partial charge in [0.2, 0.25) is 0 Å². The molecule has 1 aromatic heterocycles. The van der Waals surface area contributed by atoms with Gasteiger partial charge in [0.05, 0.1) is 14.2 Å². The van der Waals surface area contributed by atoms with Crippen LogP contribution in [0.2, 0.25) is 0 Å². The van der Waals surface area contributed by atoms with E-state index in [0.717, 1.165) is 49.1 Å². The van der Waals surface area contributed by atoms with E-state index in [2.05, 4.69) is 20.9 Å². The summed E-state index contributed by atoms with van der Waals surface area (Å²) in [6, 6.07) is 13.7. The number of hydrogen-bond acceptors (Lipinski definition) is 7. The number of nitriles is 1. The van der Waals surface area contributed by atoms with Crippen LogP contribution in [0.3, 0.4) is 0 Å². The SMILES string of the molecule is COc1cc(CN2CCN(c3cccc(C#N)n3)CC2CCO)cc(OC)c1. The van der Waals surface area contributed by atoms with E-state index in [1.54, 1.807) is 20.3 Å². The third-order valence-corrected chi connectivity index (χ3v) is 5.04. The van der Waals surface area contributed by atoms with E-state index in [1.807, 2.05) is 30.3 Å².